The van der Waals surface area contributed by atoms with Gasteiger partial charge in [0.25, 0.3) is 17.6 Å². The highest BCUT2D eigenvalue weighted by atomic mass is 79.9. The van der Waals surface area contributed by atoms with Gasteiger partial charge in [0.15, 0.2) is 0 Å². The molecule has 3 aromatic rings. The molecular formula is C19H17BrF3N5O. The topological polar surface area (TPSA) is 63.4 Å². The zero-order valence-corrected chi connectivity index (χ0v) is 17.3. The fraction of sp³-hybridized carbons (Fsp3) is 0.368. The molecule has 1 aliphatic heterocycles. The van der Waals surface area contributed by atoms with E-state index in [2.05, 4.69) is 31.0 Å². The van der Waals surface area contributed by atoms with Crippen LogP contribution in [0.2, 0.25) is 0 Å². The van der Waals surface area contributed by atoms with Gasteiger partial charge in [0, 0.05) is 34.6 Å². The van der Waals surface area contributed by atoms with Gasteiger partial charge in [-0.2, -0.15) is 10.1 Å². The van der Waals surface area contributed by atoms with E-state index in [0.717, 1.165) is 11.0 Å². The summed E-state index contributed by atoms with van der Waals surface area (Å²) in [4.78, 5) is 22.2. The molecule has 0 aliphatic carbocycles. The van der Waals surface area contributed by atoms with Crippen LogP contribution in [0.1, 0.15) is 39.6 Å². The van der Waals surface area contributed by atoms with E-state index in [0.29, 0.717) is 27.2 Å². The third kappa shape index (κ3) is 3.73. The van der Waals surface area contributed by atoms with E-state index in [1.807, 2.05) is 0 Å². The van der Waals surface area contributed by atoms with Gasteiger partial charge in [0.2, 0.25) is 0 Å². The lowest BCUT2D eigenvalue weighted by molar-refractivity contribution is -0.0641. The number of hydrogen-bond acceptors (Lipinski definition) is 4. The molecule has 3 heterocycles. The largest absolute Gasteiger partial charge is 0.332 e. The normalized spacial score (nSPS) is 19.0. The number of rotatable bonds is 2. The molecule has 1 saturated heterocycles. The lowest BCUT2D eigenvalue weighted by Gasteiger charge is -2.37. The Hall–Kier alpha value is -2.49. The molecule has 1 aromatic carbocycles. The van der Waals surface area contributed by atoms with Crippen molar-refractivity contribution >= 4 is 27.6 Å². The third-order valence-electron chi connectivity index (χ3n) is 5.05. The van der Waals surface area contributed by atoms with Gasteiger partial charge in [-0.05, 0) is 37.6 Å². The maximum absolute atomic E-state index is 14.6. The summed E-state index contributed by atoms with van der Waals surface area (Å²) in [5.41, 5.74) is 1.51. The van der Waals surface area contributed by atoms with Crippen molar-refractivity contribution in [2.75, 3.05) is 13.1 Å². The Balaban J connectivity index is 1.71. The van der Waals surface area contributed by atoms with Crippen molar-refractivity contribution in [2.24, 2.45) is 0 Å². The summed E-state index contributed by atoms with van der Waals surface area (Å²) in [5, 5.41) is 4.08. The second kappa shape index (κ2) is 7.08. The molecule has 1 fully saturated rings. The van der Waals surface area contributed by atoms with Crippen LogP contribution in [0.4, 0.5) is 13.2 Å². The van der Waals surface area contributed by atoms with Gasteiger partial charge < -0.3 is 4.90 Å². The Kier molecular flexibility index (Phi) is 4.84. The summed E-state index contributed by atoms with van der Waals surface area (Å²) in [5.74, 6) is -4.67. The van der Waals surface area contributed by atoms with Crippen LogP contribution in [0.15, 0.2) is 29.0 Å². The predicted octanol–water partition coefficient (Wildman–Crippen LogP) is 3.91. The number of piperidine rings is 1. The van der Waals surface area contributed by atoms with Crippen LogP contribution in [-0.2, 0) is 0 Å². The van der Waals surface area contributed by atoms with Crippen LogP contribution in [0.3, 0.4) is 0 Å². The average Bonchev–Trinajstić information content (AvgIpc) is 3.11. The van der Waals surface area contributed by atoms with Crippen LogP contribution in [-0.4, -0.2) is 49.4 Å². The zero-order valence-electron chi connectivity index (χ0n) is 15.7. The van der Waals surface area contributed by atoms with Crippen LogP contribution in [0.5, 0.6) is 0 Å². The number of fused-ring (bicyclic) bond motifs is 1. The number of nitrogens with zero attached hydrogens (tertiary/aromatic N) is 5. The predicted molar refractivity (Wildman–Crippen MR) is 103 cm³/mol. The molecule has 6 nitrogen and oxygen atoms in total. The van der Waals surface area contributed by atoms with E-state index in [4.69, 9.17) is 0 Å². The fourth-order valence-corrected chi connectivity index (χ4v) is 4.09. The Morgan fingerprint density at radius 2 is 2.03 bits per heavy atom. The summed E-state index contributed by atoms with van der Waals surface area (Å²) in [6.07, 6.45) is 0.878. The number of alkyl halides is 2. The average molecular weight is 468 g/mol. The molecule has 152 valence electrons. The highest BCUT2D eigenvalue weighted by Crippen LogP contribution is 2.37. The second-order valence-electron chi connectivity index (χ2n) is 7.30. The molecular weight excluding hydrogens is 451 g/mol. The molecule has 0 bridgehead atoms. The minimum absolute atomic E-state index is 0.0215. The van der Waals surface area contributed by atoms with Crippen molar-refractivity contribution in [1.29, 1.82) is 0 Å². The number of carbonyl (C=O) groups is 1. The van der Waals surface area contributed by atoms with Crippen molar-refractivity contribution in [3.63, 3.8) is 0 Å². The SMILES string of the molecule is Cc1cc(C2CN(C(=O)c3cc(F)c(C)c(Br)c3)CC(F)(F)C2)n2ncnc2n1. The van der Waals surface area contributed by atoms with Gasteiger partial charge >= 0.3 is 0 Å². The highest BCUT2D eigenvalue weighted by molar-refractivity contribution is 9.10. The Labute approximate surface area is 172 Å². The summed E-state index contributed by atoms with van der Waals surface area (Å²) < 4.78 is 45.1. The van der Waals surface area contributed by atoms with E-state index in [9.17, 15) is 18.0 Å². The monoisotopic (exact) mass is 467 g/mol. The van der Waals surface area contributed by atoms with Gasteiger partial charge in [0.1, 0.15) is 12.1 Å². The molecule has 1 aliphatic rings. The molecule has 0 saturated carbocycles. The van der Waals surface area contributed by atoms with E-state index in [1.165, 1.54) is 16.9 Å². The number of carbonyl (C=O) groups excluding carboxylic acids is 1. The lowest BCUT2D eigenvalue weighted by atomic mass is 9.91. The molecule has 0 N–H and O–H groups in total. The number of likely N-dealkylation sites (tertiary alicyclic amines) is 1. The molecule has 29 heavy (non-hydrogen) atoms. The molecule has 0 spiro atoms. The van der Waals surface area contributed by atoms with Gasteiger partial charge in [-0.1, -0.05) is 15.9 Å². The van der Waals surface area contributed by atoms with Crippen molar-refractivity contribution in [3.8, 4) is 0 Å². The van der Waals surface area contributed by atoms with E-state index in [1.54, 1.807) is 19.9 Å². The number of amides is 1. The quantitative estimate of drug-likeness (QED) is 0.573. The van der Waals surface area contributed by atoms with Gasteiger partial charge in [-0.15, -0.1) is 0 Å². The summed E-state index contributed by atoms with van der Waals surface area (Å²) in [7, 11) is 0. The van der Waals surface area contributed by atoms with Crippen LogP contribution < -0.4 is 0 Å². The summed E-state index contributed by atoms with van der Waals surface area (Å²) in [6.45, 7) is 2.64. The number of hydrogen-bond donors (Lipinski definition) is 0. The minimum Gasteiger partial charge on any atom is -0.332 e. The van der Waals surface area contributed by atoms with Gasteiger partial charge in [-0.25, -0.2) is 22.7 Å². The lowest BCUT2D eigenvalue weighted by Crippen LogP contribution is -2.49. The van der Waals surface area contributed by atoms with Crippen molar-refractivity contribution in [2.45, 2.75) is 32.1 Å². The van der Waals surface area contributed by atoms with Crippen molar-refractivity contribution in [1.82, 2.24) is 24.5 Å². The maximum Gasteiger partial charge on any atom is 0.266 e. The second-order valence-corrected chi connectivity index (χ2v) is 8.16. The van der Waals surface area contributed by atoms with Crippen LogP contribution >= 0.6 is 15.9 Å². The van der Waals surface area contributed by atoms with Gasteiger partial charge in [0.05, 0.1) is 12.2 Å². The molecule has 2 aromatic heterocycles. The molecule has 10 heteroatoms. The van der Waals surface area contributed by atoms with Gasteiger partial charge in [-0.3, -0.25) is 4.79 Å². The first-order valence-electron chi connectivity index (χ1n) is 8.94. The van der Waals surface area contributed by atoms with Crippen LogP contribution in [0.25, 0.3) is 5.78 Å². The number of aryl methyl sites for hydroxylation is 1. The smallest absolute Gasteiger partial charge is 0.266 e. The molecule has 1 atom stereocenters. The summed E-state index contributed by atoms with van der Waals surface area (Å²) in [6, 6.07) is 4.21. The fourth-order valence-electron chi connectivity index (χ4n) is 3.65. The first-order valence-corrected chi connectivity index (χ1v) is 9.74. The Morgan fingerprint density at radius 3 is 2.76 bits per heavy atom. The number of halogens is 4. The molecule has 1 amide bonds. The van der Waals surface area contributed by atoms with Crippen molar-refractivity contribution in [3.05, 3.63) is 57.3 Å². The summed E-state index contributed by atoms with van der Waals surface area (Å²) >= 11 is 3.21. The highest BCUT2D eigenvalue weighted by Gasteiger charge is 2.43. The molecule has 0 radical (unpaired) electrons. The molecule has 4 rings (SSSR count). The Bertz CT molecular complexity index is 1090. The van der Waals surface area contributed by atoms with E-state index >= 15 is 0 Å². The zero-order chi connectivity index (χ0) is 20.9. The first-order chi connectivity index (χ1) is 13.6. The number of aromatic nitrogens is 4. The Morgan fingerprint density at radius 1 is 1.28 bits per heavy atom. The van der Waals surface area contributed by atoms with E-state index < -0.39 is 36.5 Å². The van der Waals surface area contributed by atoms with E-state index in [-0.39, 0.29) is 12.1 Å². The minimum atomic E-state index is -3.09. The standard InChI is InChI=1S/C19H17BrF3N5O/c1-10-3-16(28-18(26-10)24-9-25-28)13-6-19(22,23)8-27(7-13)17(29)12-4-14(20)11(2)15(21)5-12/h3-5,9,13H,6-8H2,1-2H3. The maximum atomic E-state index is 14.6. The molecule has 1 unspecified atom stereocenters. The van der Waals surface area contributed by atoms with Crippen molar-refractivity contribution < 1.29 is 18.0 Å². The third-order valence-corrected chi connectivity index (χ3v) is 5.87. The first kappa shape index (κ1) is 19.8. The van der Waals surface area contributed by atoms with Crippen LogP contribution in [0, 0.1) is 19.7 Å². The number of benzene rings is 1.